The highest BCUT2D eigenvalue weighted by molar-refractivity contribution is 9.10. The molecular weight excluding hydrogens is 388 g/mol. The van der Waals surface area contributed by atoms with Crippen LogP contribution in [0, 0.1) is 0 Å². The molecule has 1 amide bonds. The number of carbonyl (C=O) groups excluding carboxylic acids is 1. The second-order valence-corrected chi connectivity index (χ2v) is 8.31. The number of pyridine rings is 1. The third-order valence-corrected chi connectivity index (χ3v) is 6.68. The van der Waals surface area contributed by atoms with Gasteiger partial charge in [-0.05, 0) is 52.4 Å². The summed E-state index contributed by atoms with van der Waals surface area (Å²) in [5, 5.41) is 2.07. The van der Waals surface area contributed by atoms with Crippen LogP contribution in [0.1, 0.15) is 30.6 Å². The Hall–Kier alpha value is -1.40. The summed E-state index contributed by atoms with van der Waals surface area (Å²) in [4.78, 5) is 20.6. The molecule has 2 aromatic rings. The van der Waals surface area contributed by atoms with E-state index in [0.717, 1.165) is 30.2 Å². The van der Waals surface area contributed by atoms with E-state index in [0.29, 0.717) is 19.0 Å². The Balaban J connectivity index is 1.43. The summed E-state index contributed by atoms with van der Waals surface area (Å²) in [5.74, 6) is 0.880. The van der Waals surface area contributed by atoms with Crippen molar-refractivity contribution in [3.8, 4) is 5.88 Å². The lowest BCUT2D eigenvalue weighted by Crippen LogP contribution is -2.60. The van der Waals surface area contributed by atoms with E-state index in [4.69, 9.17) is 4.74 Å². The molecule has 6 heteroatoms. The fourth-order valence-corrected chi connectivity index (χ4v) is 5.02. The summed E-state index contributed by atoms with van der Waals surface area (Å²) in [7, 11) is 0. The first-order chi connectivity index (χ1) is 11.7. The van der Waals surface area contributed by atoms with E-state index in [1.807, 2.05) is 23.1 Å². The third kappa shape index (κ3) is 2.75. The second kappa shape index (κ2) is 6.48. The number of rotatable bonds is 4. The molecule has 0 bridgehead atoms. The van der Waals surface area contributed by atoms with Crippen LogP contribution in [0.4, 0.5) is 0 Å². The second-order valence-electron chi connectivity index (χ2n) is 6.51. The molecule has 0 spiro atoms. The Kier molecular flexibility index (Phi) is 4.35. The van der Waals surface area contributed by atoms with Gasteiger partial charge in [0.25, 0.3) is 0 Å². The largest absolute Gasteiger partial charge is 0.470 e. The van der Waals surface area contributed by atoms with Gasteiger partial charge in [0.15, 0.2) is 0 Å². The number of halogens is 1. The molecule has 2 aliphatic rings. The van der Waals surface area contributed by atoms with Gasteiger partial charge in [-0.3, -0.25) is 4.79 Å². The molecule has 0 radical (unpaired) electrons. The van der Waals surface area contributed by atoms with Crippen molar-refractivity contribution in [2.75, 3.05) is 13.1 Å². The van der Waals surface area contributed by atoms with Crippen LogP contribution < -0.4 is 4.74 Å². The number of amides is 1. The number of carbonyl (C=O) groups is 1. The van der Waals surface area contributed by atoms with Gasteiger partial charge in [-0.1, -0.05) is 18.9 Å². The first kappa shape index (κ1) is 16.1. The smallest absolute Gasteiger partial charge is 0.234 e. The van der Waals surface area contributed by atoms with Gasteiger partial charge in [0.1, 0.15) is 6.10 Å². The van der Waals surface area contributed by atoms with Crippen LogP contribution in [0.2, 0.25) is 0 Å². The standard InChI is InChI=1S/C18H19BrN2O2S/c19-14-5-3-9-20-16(14)23-13-11-21(12-13)17(22)18(7-1-2-8-18)15-6-4-10-24-15/h3-6,9-10,13H,1-2,7-8,11-12H2. The van der Waals surface area contributed by atoms with Crippen LogP contribution in [0.3, 0.4) is 0 Å². The van der Waals surface area contributed by atoms with Gasteiger partial charge in [-0.15, -0.1) is 11.3 Å². The van der Waals surface area contributed by atoms with Gasteiger partial charge in [-0.2, -0.15) is 0 Å². The van der Waals surface area contributed by atoms with E-state index in [1.165, 1.54) is 4.88 Å². The Morgan fingerprint density at radius 3 is 2.75 bits per heavy atom. The van der Waals surface area contributed by atoms with Crippen molar-refractivity contribution in [2.24, 2.45) is 0 Å². The molecule has 0 atom stereocenters. The Bertz CT molecular complexity index is 722. The maximum atomic E-state index is 13.2. The quantitative estimate of drug-likeness (QED) is 0.769. The molecule has 24 heavy (non-hydrogen) atoms. The molecular formula is C18H19BrN2O2S. The predicted molar refractivity (Wildman–Crippen MR) is 97.4 cm³/mol. The normalized spacial score (nSPS) is 20.0. The molecule has 1 saturated heterocycles. The van der Waals surface area contributed by atoms with Crippen molar-refractivity contribution in [3.63, 3.8) is 0 Å². The fraction of sp³-hybridized carbons (Fsp3) is 0.444. The number of hydrogen-bond acceptors (Lipinski definition) is 4. The van der Waals surface area contributed by atoms with Gasteiger partial charge >= 0.3 is 0 Å². The molecule has 4 nitrogen and oxygen atoms in total. The lowest BCUT2D eigenvalue weighted by Gasteiger charge is -2.43. The Labute approximate surface area is 154 Å². The van der Waals surface area contributed by atoms with E-state index in [2.05, 4.69) is 32.4 Å². The molecule has 3 heterocycles. The Morgan fingerprint density at radius 1 is 1.29 bits per heavy atom. The van der Waals surface area contributed by atoms with Gasteiger partial charge in [0.05, 0.1) is 23.0 Å². The molecule has 2 fully saturated rings. The fourth-order valence-electron chi connectivity index (χ4n) is 3.69. The molecule has 2 aromatic heterocycles. The molecule has 1 saturated carbocycles. The van der Waals surface area contributed by atoms with Gasteiger partial charge < -0.3 is 9.64 Å². The maximum absolute atomic E-state index is 13.2. The molecule has 0 unspecified atom stereocenters. The summed E-state index contributed by atoms with van der Waals surface area (Å²) >= 11 is 5.15. The Morgan fingerprint density at radius 2 is 2.08 bits per heavy atom. The van der Waals surface area contributed by atoms with Gasteiger partial charge in [-0.25, -0.2) is 4.98 Å². The molecule has 1 aliphatic heterocycles. The lowest BCUT2D eigenvalue weighted by molar-refractivity contribution is -0.146. The monoisotopic (exact) mass is 406 g/mol. The molecule has 1 aliphatic carbocycles. The highest BCUT2D eigenvalue weighted by Gasteiger charge is 2.48. The molecule has 0 N–H and O–H groups in total. The third-order valence-electron chi connectivity index (χ3n) is 5.00. The minimum Gasteiger partial charge on any atom is -0.470 e. The molecule has 4 rings (SSSR count). The van der Waals surface area contributed by atoms with E-state index in [9.17, 15) is 4.79 Å². The summed E-state index contributed by atoms with van der Waals surface area (Å²) in [5.41, 5.74) is -0.287. The number of likely N-dealkylation sites (tertiary alicyclic amines) is 1. The van der Waals surface area contributed by atoms with Crippen molar-refractivity contribution < 1.29 is 9.53 Å². The number of thiophene rings is 1. The zero-order valence-corrected chi connectivity index (χ0v) is 15.7. The van der Waals surface area contributed by atoms with Crippen LogP contribution in [0.25, 0.3) is 0 Å². The van der Waals surface area contributed by atoms with Crippen molar-refractivity contribution in [1.29, 1.82) is 0 Å². The maximum Gasteiger partial charge on any atom is 0.234 e. The van der Waals surface area contributed by atoms with Crippen molar-refractivity contribution in [1.82, 2.24) is 9.88 Å². The lowest BCUT2D eigenvalue weighted by atomic mass is 9.82. The molecule has 0 aromatic carbocycles. The van der Waals surface area contributed by atoms with E-state index in [-0.39, 0.29) is 17.4 Å². The summed E-state index contributed by atoms with van der Waals surface area (Å²) in [6.45, 7) is 1.30. The average Bonchev–Trinajstić information content (AvgIpc) is 3.23. The van der Waals surface area contributed by atoms with E-state index < -0.39 is 0 Å². The van der Waals surface area contributed by atoms with Crippen LogP contribution in [0.15, 0.2) is 40.3 Å². The average molecular weight is 407 g/mol. The topological polar surface area (TPSA) is 42.4 Å². The van der Waals surface area contributed by atoms with E-state index >= 15 is 0 Å². The van der Waals surface area contributed by atoms with E-state index in [1.54, 1.807) is 17.5 Å². The van der Waals surface area contributed by atoms with Gasteiger partial charge in [0, 0.05) is 11.1 Å². The van der Waals surface area contributed by atoms with Crippen LogP contribution >= 0.6 is 27.3 Å². The summed E-state index contributed by atoms with van der Waals surface area (Å²) in [6.07, 6.45) is 5.96. The highest BCUT2D eigenvalue weighted by atomic mass is 79.9. The van der Waals surface area contributed by atoms with Crippen LogP contribution in [-0.4, -0.2) is 35.0 Å². The van der Waals surface area contributed by atoms with Crippen molar-refractivity contribution in [3.05, 3.63) is 45.2 Å². The van der Waals surface area contributed by atoms with Gasteiger partial charge in [0.2, 0.25) is 11.8 Å². The zero-order chi connectivity index (χ0) is 16.6. The van der Waals surface area contributed by atoms with Crippen LogP contribution in [0.5, 0.6) is 5.88 Å². The zero-order valence-electron chi connectivity index (χ0n) is 13.3. The minimum atomic E-state index is -0.287. The van der Waals surface area contributed by atoms with Crippen molar-refractivity contribution >= 4 is 33.2 Å². The first-order valence-corrected chi connectivity index (χ1v) is 9.97. The highest BCUT2D eigenvalue weighted by Crippen LogP contribution is 2.45. The predicted octanol–water partition coefficient (Wildman–Crippen LogP) is 4.01. The van der Waals surface area contributed by atoms with Crippen LogP contribution in [-0.2, 0) is 10.2 Å². The SMILES string of the molecule is O=C(N1CC(Oc2ncccc2Br)C1)C1(c2cccs2)CCCC1. The number of aromatic nitrogens is 1. The summed E-state index contributed by atoms with van der Waals surface area (Å²) < 4.78 is 6.75. The number of ether oxygens (including phenoxy) is 1. The minimum absolute atomic E-state index is 0.0296. The van der Waals surface area contributed by atoms with Crippen molar-refractivity contribution in [2.45, 2.75) is 37.2 Å². The number of hydrogen-bond donors (Lipinski definition) is 0. The first-order valence-electron chi connectivity index (χ1n) is 8.29. The summed E-state index contributed by atoms with van der Waals surface area (Å²) in [6, 6.07) is 7.94. The number of nitrogens with zero attached hydrogens (tertiary/aromatic N) is 2. The molecule has 126 valence electrons.